The van der Waals surface area contributed by atoms with E-state index in [1.807, 2.05) is 12.1 Å². The molecular formula is C39H70O7Si4. The first-order chi connectivity index (χ1) is 22.7. The molecule has 1 aliphatic carbocycles. The fourth-order valence-electron chi connectivity index (χ4n) is 7.09. The number of benzene rings is 1. The van der Waals surface area contributed by atoms with Crippen LogP contribution in [0.4, 0.5) is 0 Å². The van der Waals surface area contributed by atoms with Crippen molar-refractivity contribution in [1.29, 1.82) is 0 Å². The third kappa shape index (κ3) is 10.8. The van der Waals surface area contributed by atoms with Crippen molar-refractivity contribution < 1.29 is 32.0 Å². The molecule has 0 bridgehead atoms. The zero-order valence-corrected chi connectivity index (χ0v) is 38.5. The van der Waals surface area contributed by atoms with Crippen LogP contribution in [0.1, 0.15) is 70.3 Å². The van der Waals surface area contributed by atoms with E-state index in [9.17, 15) is 4.79 Å². The molecule has 0 aromatic heterocycles. The van der Waals surface area contributed by atoms with E-state index in [2.05, 4.69) is 120 Å². The lowest BCUT2D eigenvalue weighted by Gasteiger charge is -2.47. The minimum absolute atomic E-state index is 0.0783. The average molecular weight is 763 g/mol. The van der Waals surface area contributed by atoms with Crippen LogP contribution in [0.15, 0.2) is 29.3 Å². The minimum Gasteiger partial charge on any atom is -0.543 e. The van der Waals surface area contributed by atoms with E-state index in [0.717, 1.165) is 34.4 Å². The highest BCUT2D eigenvalue weighted by atomic mass is 28.4. The largest absolute Gasteiger partial charge is 0.543 e. The van der Waals surface area contributed by atoms with Gasteiger partial charge in [0.15, 0.2) is 30.7 Å². The van der Waals surface area contributed by atoms with E-state index < -0.39 is 33.3 Å². The summed E-state index contributed by atoms with van der Waals surface area (Å²) in [5, 5.41) is 0.0783. The number of epoxide rings is 1. The first-order valence-electron chi connectivity index (χ1n) is 19.0. The van der Waals surface area contributed by atoms with Crippen molar-refractivity contribution in [2.45, 2.75) is 174 Å². The first kappa shape index (κ1) is 41.8. The van der Waals surface area contributed by atoms with E-state index in [1.165, 1.54) is 0 Å². The van der Waals surface area contributed by atoms with E-state index in [-0.39, 0.29) is 53.4 Å². The van der Waals surface area contributed by atoms with Crippen molar-refractivity contribution in [3.05, 3.63) is 40.5 Å². The minimum atomic E-state index is -2.03. The van der Waals surface area contributed by atoms with Crippen molar-refractivity contribution in [3.8, 4) is 5.75 Å². The van der Waals surface area contributed by atoms with Crippen LogP contribution in [0.2, 0.25) is 77.1 Å². The molecule has 2 heterocycles. The predicted molar refractivity (Wildman–Crippen MR) is 216 cm³/mol. The Morgan fingerprint density at radius 3 is 2.04 bits per heavy atom. The number of hydrogen-bond acceptors (Lipinski definition) is 7. The Hall–Kier alpha value is -0.902. The van der Waals surface area contributed by atoms with E-state index in [1.54, 1.807) is 0 Å². The molecule has 1 aromatic carbocycles. The molecule has 11 heteroatoms. The van der Waals surface area contributed by atoms with Gasteiger partial charge in [-0.15, -0.1) is 0 Å². The van der Waals surface area contributed by atoms with Gasteiger partial charge in [-0.3, -0.25) is 4.79 Å². The molecule has 1 aromatic rings. The first-order valence-corrected chi connectivity index (χ1v) is 32.1. The summed E-state index contributed by atoms with van der Waals surface area (Å²) in [5.41, 5.74) is 3.80. The zero-order valence-electron chi connectivity index (χ0n) is 34.5. The van der Waals surface area contributed by atoms with Gasteiger partial charge in [-0.05, 0) is 121 Å². The Bertz CT molecular complexity index is 1400. The van der Waals surface area contributed by atoms with Crippen LogP contribution in [0.3, 0.4) is 0 Å². The number of ketones is 1. The molecule has 284 valence electrons. The quantitative estimate of drug-likeness (QED) is 0.106. The lowest BCUT2D eigenvalue weighted by atomic mass is 9.85. The van der Waals surface area contributed by atoms with Crippen LogP contribution in [-0.2, 0) is 29.2 Å². The molecule has 0 N–H and O–H groups in total. The molecule has 8 atom stereocenters. The fraction of sp³-hybridized carbons (Fsp3) is 0.769. The van der Waals surface area contributed by atoms with Crippen LogP contribution >= 0.6 is 0 Å². The Morgan fingerprint density at radius 2 is 1.48 bits per heavy atom. The third-order valence-electron chi connectivity index (χ3n) is 10.8. The normalized spacial score (nSPS) is 28.7. The average Bonchev–Trinajstić information content (AvgIpc) is 3.62. The van der Waals surface area contributed by atoms with Crippen LogP contribution in [0.5, 0.6) is 5.75 Å². The topological polar surface area (TPSA) is 75.8 Å². The lowest BCUT2D eigenvalue weighted by molar-refractivity contribution is -0.152. The molecule has 0 saturated carbocycles. The van der Waals surface area contributed by atoms with Crippen molar-refractivity contribution in [1.82, 2.24) is 0 Å². The standard InChI is InChI=1S/C39H70O7Si4/c1-25(31-21-28-18-19-30(23-32(28)35(31)40)44-50(16,17)39(4,5)6)20-33-38(46-49(13,14)15)37(45-48(10,11)12)29(24-41-33)22-34-36(42-34)26(2)27(3)43-47(7,8)9/h18-19,23,26-27,29,33-34,36-38H,20-22,24H2,1-17H3/b31-25+/t26-,27+,29+,33+,34+,36+,37-,38-/m1/s1. The predicted octanol–water partition coefficient (Wildman–Crippen LogP) is 10.0. The highest BCUT2D eigenvalue weighted by Gasteiger charge is 2.51. The molecular weight excluding hydrogens is 693 g/mol. The van der Waals surface area contributed by atoms with Gasteiger partial charge in [-0.2, -0.15) is 0 Å². The van der Waals surface area contributed by atoms with Crippen molar-refractivity contribution in [2.24, 2.45) is 11.8 Å². The highest BCUT2D eigenvalue weighted by Crippen LogP contribution is 2.43. The number of fused-ring (bicyclic) bond motifs is 1. The highest BCUT2D eigenvalue weighted by molar-refractivity contribution is 6.74. The number of Topliss-reactive ketones (excluding diaryl/α,β-unsaturated/α-hetero) is 1. The molecule has 50 heavy (non-hydrogen) atoms. The summed E-state index contributed by atoms with van der Waals surface area (Å²) < 4.78 is 40.2. The van der Waals surface area contributed by atoms with Crippen molar-refractivity contribution >= 4 is 39.1 Å². The molecule has 3 aliphatic rings. The van der Waals surface area contributed by atoms with Crippen LogP contribution in [0.25, 0.3) is 0 Å². The second-order valence-corrected chi connectivity index (χ2v) is 37.9. The molecule has 0 spiro atoms. The number of hydrogen-bond donors (Lipinski definition) is 0. The number of ether oxygens (including phenoxy) is 2. The molecule has 7 nitrogen and oxygen atoms in total. The van der Waals surface area contributed by atoms with Crippen LogP contribution < -0.4 is 4.43 Å². The smallest absolute Gasteiger partial charge is 0.250 e. The van der Waals surface area contributed by atoms with Gasteiger partial charge in [0, 0.05) is 35.5 Å². The molecule has 2 saturated heterocycles. The van der Waals surface area contributed by atoms with Gasteiger partial charge < -0.3 is 27.2 Å². The zero-order chi connectivity index (χ0) is 37.8. The Kier molecular flexibility index (Phi) is 12.6. The maximum Gasteiger partial charge on any atom is 0.250 e. The van der Waals surface area contributed by atoms with Crippen molar-refractivity contribution in [3.63, 3.8) is 0 Å². The number of carbonyl (C=O) groups excluding carboxylic acids is 1. The summed E-state index contributed by atoms with van der Waals surface area (Å²) in [6.07, 6.45) is 2.20. The lowest BCUT2D eigenvalue weighted by Crippen LogP contribution is -2.58. The van der Waals surface area contributed by atoms with Gasteiger partial charge >= 0.3 is 0 Å². The molecule has 2 aliphatic heterocycles. The fourth-order valence-corrected chi connectivity index (χ4v) is 11.7. The molecule has 0 amide bonds. The second kappa shape index (κ2) is 15.1. The monoisotopic (exact) mass is 762 g/mol. The molecule has 0 unspecified atom stereocenters. The molecule has 4 rings (SSSR count). The van der Waals surface area contributed by atoms with E-state index in [0.29, 0.717) is 25.4 Å². The SMILES string of the molecule is C/C(C[C@@H]1OC[C@H](C[C@@H]2O[C@H]2[C@H](C)[C@H](C)O[Si](C)(C)C)[C@@H](O[Si](C)(C)C)[C@@H]1O[Si](C)(C)C)=C1/Cc2ccc(O[Si](C)(C)C(C)(C)C)cc2C1=O. The van der Waals surface area contributed by atoms with E-state index >= 15 is 0 Å². The Balaban J connectivity index is 1.54. The Morgan fingerprint density at radius 1 is 0.880 bits per heavy atom. The van der Waals surface area contributed by atoms with Gasteiger partial charge in [0.25, 0.3) is 0 Å². The molecule has 0 radical (unpaired) electrons. The van der Waals surface area contributed by atoms with Gasteiger partial charge in [0.05, 0.1) is 37.1 Å². The van der Waals surface area contributed by atoms with Crippen LogP contribution in [0, 0.1) is 11.8 Å². The summed E-state index contributed by atoms with van der Waals surface area (Å²) in [5.74, 6) is 1.40. The van der Waals surface area contributed by atoms with Crippen molar-refractivity contribution in [2.75, 3.05) is 6.61 Å². The molecule has 2 fully saturated rings. The summed E-state index contributed by atoms with van der Waals surface area (Å²) in [6, 6.07) is 6.10. The summed E-state index contributed by atoms with van der Waals surface area (Å²) in [7, 11) is -7.62. The summed E-state index contributed by atoms with van der Waals surface area (Å²) >= 11 is 0. The third-order valence-corrected chi connectivity index (χ3v) is 18.2. The Labute approximate surface area is 309 Å². The maximum atomic E-state index is 13.9. The van der Waals surface area contributed by atoms with Gasteiger partial charge in [0.2, 0.25) is 8.32 Å². The number of allylic oxidation sites excluding steroid dienone is 1. The summed E-state index contributed by atoms with van der Waals surface area (Å²) in [4.78, 5) is 13.9. The number of carbonyl (C=O) groups is 1. The number of rotatable bonds is 14. The van der Waals surface area contributed by atoms with Gasteiger partial charge in [-0.25, -0.2) is 0 Å². The second-order valence-electron chi connectivity index (χ2n) is 19.8. The van der Waals surface area contributed by atoms with E-state index in [4.69, 9.17) is 27.2 Å². The summed E-state index contributed by atoms with van der Waals surface area (Å²) in [6.45, 7) is 38.6. The van der Waals surface area contributed by atoms with Gasteiger partial charge in [0.1, 0.15) is 5.75 Å². The van der Waals surface area contributed by atoms with Gasteiger partial charge in [-0.1, -0.05) is 39.3 Å². The maximum absolute atomic E-state index is 13.9. The van der Waals surface area contributed by atoms with Crippen LogP contribution in [-0.4, -0.2) is 82.3 Å².